The summed E-state index contributed by atoms with van der Waals surface area (Å²) in [6, 6.07) is 6.06. The van der Waals surface area contributed by atoms with Gasteiger partial charge in [-0.05, 0) is 29.8 Å². The van der Waals surface area contributed by atoms with Gasteiger partial charge in [0.25, 0.3) is 0 Å². The molecule has 2 aliphatic rings. The van der Waals surface area contributed by atoms with E-state index in [1.807, 2.05) is 4.90 Å². The van der Waals surface area contributed by atoms with Crippen LogP contribution >= 0.6 is 0 Å². The smallest absolute Gasteiger partial charge is 0.247 e. The third kappa shape index (κ3) is 4.92. The highest BCUT2D eigenvalue weighted by molar-refractivity contribution is 5.95. The number of ether oxygens (including phenoxy) is 2. The van der Waals surface area contributed by atoms with Crippen LogP contribution in [0.5, 0.6) is 11.5 Å². The lowest BCUT2D eigenvalue weighted by molar-refractivity contribution is -0.137. The van der Waals surface area contributed by atoms with Crippen molar-refractivity contribution in [2.45, 2.75) is 6.04 Å². The lowest BCUT2D eigenvalue weighted by Gasteiger charge is -2.36. The van der Waals surface area contributed by atoms with Crippen LogP contribution in [0.25, 0.3) is 6.08 Å². The number of rotatable bonds is 6. The zero-order chi connectivity index (χ0) is 21.6. The highest BCUT2D eigenvalue weighted by Crippen LogP contribution is 2.32. The number of fused-ring (bicyclic) bond motifs is 1. The summed E-state index contributed by atoms with van der Waals surface area (Å²) in [5.74, 6) is 1.11. The highest BCUT2D eigenvalue weighted by atomic mass is 16.7. The molecule has 10 nitrogen and oxygen atoms in total. The molecule has 2 amide bonds. The number of piperazine rings is 1. The van der Waals surface area contributed by atoms with E-state index in [-0.39, 0.29) is 12.7 Å². The Morgan fingerprint density at radius 2 is 1.87 bits per heavy atom. The molecule has 2 aliphatic heterocycles. The van der Waals surface area contributed by atoms with E-state index in [0.29, 0.717) is 43.6 Å². The van der Waals surface area contributed by atoms with Crippen molar-refractivity contribution in [1.29, 1.82) is 0 Å². The van der Waals surface area contributed by atoms with Gasteiger partial charge in [0, 0.05) is 44.6 Å². The highest BCUT2D eigenvalue weighted by Gasteiger charge is 2.28. The number of hydrogen-bond acceptors (Lipinski definition) is 8. The van der Waals surface area contributed by atoms with E-state index in [4.69, 9.17) is 9.47 Å². The molecule has 0 radical (unpaired) electrons. The zero-order valence-corrected chi connectivity index (χ0v) is 16.8. The number of aliphatic hydroxyl groups is 1. The second-order valence-corrected chi connectivity index (χ2v) is 7.05. The number of hydrogen-bond donors (Lipinski definition) is 2. The van der Waals surface area contributed by atoms with Gasteiger partial charge in [-0.15, -0.1) is 0 Å². The number of nitrogens with one attached hydrogen (secondary N) is 1. The first-order valence-corrected chi connectivity index (χ1v) is 9.94. The maximum absolute atomic E-state index is 12.8. The lowest BCUT2D eigenvalue weighted by atomic mass is 10.2. The number of carbonyl (C=O) groups excluding carboxylic acids is 2. The predicted octanol–water partition coefficient (Wildman–Crippen LogP) is 0.0444. The first-order chi connectivity index (χ1) is 15.1. The Balaban J connectivity index is 1.30. The molecule has 1 saturated heterocycles. The fourth-order valence-corrected chi connectivity index (χ4v) is 3.40. The molecular weight excluding hydrogens is 402 g/mol. The Labute approximate surface area is 179 Å². The number of aromatic nitrogens is 2. The average Bonchev–Trinajstić information content (AvgIpc) is 3.29. The molecule has 2 N–H and O–H groups in total. The largest absolute Gasteiger partial charge is 0.454 e. The monoisotopic (exact) mass is 425 g/mol. The maximum Gasteiger partial charge on any atom is 0.247 e. The molecule has 1 aromatic heterocycles. The molecule has 0 saturated carbocycles. The van der Waals surface area contributed by atoms with Crippen LogP contribution in [-0.2, 0) is 9.59 Å². The van der Waals surface area contributed by atoms with Crippen molar-refractivity contribution < 1.29 is 24.2 Å². The van der Waals surface area contributed by atoms with Crippen molar-refractivity contribution in [2.75, 3.05) is 44.5 Å². The Kier molecular flexibility index (Phi) is 6.27. The van der Waals surface area contributed by atoms with Crippen LogP contribution in [-0.4, -0.2) is 77.4 Å². The standard InChI is InChI=1S/C21H23N5O5/c27-13-16(20(29)25-8-10-26(11-9-25)21-22-6-1-7-23-21)24-19(28)5-3-15-2-4-17-18(12-15)31-14-30-17/h1-7,12,16,27H,8-11,13-14H2,(H,24,28)/t16-/m0/s1. The summed E-state index contributed by atoms with van der Waals surface area (Å²) in [7, 11) is 0. The summed E-state index contributed by atoms with van der Waals surface area (Å²) in [6.07, 6.45) is 6.27. The van der Waals surface area contributed by atoms with E-state index in [1.54, 1.807) is 47.6 Å². The molecule has 0 bridgehead atoms. The normalized spacial score (nSPS) is 16.4. The van der Waals surface area contributed by atoms with Crippen molar-refractivity contribution in [3.8, 4) is 11.5 Å². The summed E-state index contributed by atoms with van der Waals surface area (Å²) in [5, 5.41) is 12.2. The van der Waals surface area contributed by atoms with E-state index < -0.39 is 18.6 Å². The molecule has 1 fully saturated rings. The van der Waals surface area contributed by atoms with Gasteiger partial charge < -0.3 is 29.7 Å². The molecule has 31 heavy (non-hydrogen) atoms. The Bertz CT molecular complexity index is 960. The zero-order valence-electron chi connectivity index (χ0n) is 16.8. The van der Waals surface area contributed by atoms with E-state index in [9.17, 15) is 14.7 Å². The van der Waals surface area contributed by atoms with Crippen molar-refractivity contribution in [3.63, 3.8) is 0 Å². The molecule has 2 aromatic rings. The van der Waals surface area contributed by atoms with Gasteiger partial charge in [-0.1, -0.05) is 6.07 Å². The molecule has 1 aromatic carbocycles. The Morgan fingerprint density at radius 3 is 2.61 bits per heavy atom. The minimum atomic E-state index is -1.01. The molecule has 162 valence electrons. The number of amides is 2. The van der Waals surface area contributed by atoms with Gasteiger partial charge in [0.05, 0.1) is 6.61 Å². The third-order valence-electron chi connectivity index (χ3n) is 5.05. The minimum absolute atomic E-state index is 0.176. The van der Waals surface area contributed by atoms with Crippen molar-refractivity contribution >= 4 is 23.8 Å². The van der Waals surface area contributed by atoms with Crippen LogP contribution in [0.1, 0.15) is 5.56 Å². The topological polar surface area (TPSA) is 117 Å². The van der Waals surface area contributed by atoms with Gasteiger partial charge in [0.1, 0.15) is 6.04 Å². The summed E-state index contributed by atoms with van der Waals surface area (Å²) in [6.45, 7) is 1.76. The Morgan fingerprint density at radius 1 is 1.13 bits per heavy atom. The maximum atomic E-state index is 12.8. The number of aliphatic hydroxyl groups excluding tert-OH is 1. The molecule has 1 atom stereocenters. The third-order valence-corrected chi connectivity index (χ3v) is 5.05. The first-order valence-electron chi connectivity index (χ1n) is 9.94. The predicted molar refractivity (Wildman–Crippen MR) is 111 cm³/mol. The minimum Gasteiger partial charge on any atom is -0.454 e. The van der Waals surface area contributed by atoms with E-state index in [2.05, 4.69) is 15.3 Å². The first kappa shape index (κ1) is 20.6. The van der Waals surface area contributed by atoms with Crippen LogP contribution in [0.2, 0.25) is 0 Å². The molecular formula is C21H23N5O5. The molecule has 0 unspecified atom stereocenters. The van der Waals surface area contributed by atoms with Crippen LogP contribution in [0, 0.1) is 0 Å². The van der Waals surface area contributed by atoms with Crippen molar-refractivity contribution in [2.24, 2.45) is 0 Å². The quantitative estimate of drug-likeness (QED) is 0.624. The fraction of sp³-hybridized carbons (Fsp3) is 0.333. The molecule has 0 aliphatic carbocycles. The summed E-state index contributed by atoms with van der Waals surface area (Å²) in [5.41, 5.74) is 0.755. The van der Waals surface area contributed by atoms with E-state index >= 15 is 0 Å². The summed E-state index contributed by atoms with van der Waals surface area (Å²) >= 11 is 0. The second-order valence-electron chi connectivity index (χ2n) is 7.05. The number of carbonyl (C=O) groups is 2. The summed E-state index contributed by atoms with van der Waals surface area (Å²) < 4.78 is 10.6. The molecule has 0 spiro atoms. The second kappa shape index (κ2) is 9.43. The number of benzene rings is 1. The van der Waals surface area contributed by atoms with E-state index in [0.717, 1.165) is 5.56 Å². The van der Waals surface area contributed by atoms with Gasteiger partial charge in [0.15, 0.2) is 11.5 Å². The van der Waals surface area contributed by atoms with Gasteiger partial charge in [-0.2, -0.15) is 0 Å². The van der Waals surface area contributed by atoms with Crippen LogP contribution < -0.4 is 19.7 Å². The van der Waals surface area contributed by atoms with Crippen LogP contribution in [0.3, 0.4) is 0 Å². The summed E-state index contributed by atoms with van der Waals surface area (Å²) in [4.78, 5) is 37.1. The average molecular weight is 425 g/mol. The van der Waals surface area contributed by atoms with Gasteiger partial charge in [-0.25, -0.2) is 9.97 Å². The molecule has 10 heteroatoms. The van der Waals surface area contributed by atoms with E-state index in [1.165, 1.54) is 6.08 Å². The molecule has 3 heterocycles. The number of nitrogens with zero attached hydrogens (tertiary/aromatic N) is 4. The number of anilines is 1. The molecule has 4 rings (SSSR count). The fourth-order valence-electron chi connectivity index (χ4n) is 3.40. The Hall–Kier alpha value is -3.66. The van der Waals surface area contributed by atoms with Crippen LogP contribution in [0.15, 0.2) is 42.7 Å². The van der Waals surface area contributed by atoms with Crippen molar-refractivity contribution in [1.82, 2.24) is 20.2 Å². The van der Waals surface area contributed by atoms with Gasteiger partial charge in [0.2, 0.25) is 24.6 Å². The van der Waals surface area contributed by atoms with Gasteiger partial charge >= 0.3 is 0 Å². The lowest BCUT2D eigenvalue weighted by Crippen LogP contribution is -2.56. The van der Waals surface area contributed by atoms with Gasteiger partial charge in [-0.3, -0.25) is 9.59 Å². The van der Waals surface area contributed by atoms with Crippen LogP contribution in [0.4, 0.5) is 5.95 Å². The SMILES string of the molecule is O=C(C=Cc1ccc2c(c1)OCO2)N[C@@H](CO)C(=O)N1CCN(c2ncccn2)CC1. The van der Waals surface area contributed by atoms with Crippen molar-refractivity contribution in [3.05, 3.63) is 48.3 Å².